The summed E-state index contributed by atoms with van der Waals surface area (Å²) in [5.74, 6) is 0.878. The van der Waals surface area contributed by atoms with Crippen molar-refractivity contribution in [1.29, 1.82) is 0 Å². The normalized spacial score (nSPS) is 21.1. The van der Waals surface area contributed by atoms with Crippen LogP contribution in [0.2, 0.25) is 0 Å². The first kappa shape index (κ1) is 25.5. The maximum atomic E-state index is 14.5. The number of carbonyl (C=O) groups is 1. The number of rotatable bonds is 8. The zero-order valence-electron chi connectivity index (χ0n) is 21.2. The largest absolute Gasteiger partial charge is 0.355 e. The topological polar surface area (TPSA) is 99.2 Å². The Hall–Kier alpha value is -3.18. The molecular formula is C26H33FN8OS. The third-order valence-corrected chi connectivity index (χ3v) is 8.02. The molecule has 0 radical (unpaired) electrons. The van der Waals surface area contributed by atoms with Crippen LogP contribution in [0.25, 0.3) is 0 Å². The molecule has 3 aromatic rings. The maximum absolute atomic E-state index is 14.5. The van der Waals surface area contributed by atoms with Crippen LogP contribution in [0.5, 0.6) is 0 Å². The number of likely N-dealkylation sites (tertiary alicyclic amines) is 1. The number of benzene rings is 1. The molecule has 2 aliphatic rings. The number of aromatic nitrogens is 4. The van der Waals surface area contributed by atoms with E-state index in [0.717, 1.165) is 56.8 Å². The van der Waals surface area contributed by atoms with Crippen LogP contribution in [0.4, 0.5) is 20.5 Å². The second-order valence-electron chi connectivity index (χ2n) is 10.0. The van der Waals surface area contributed by atoms with Gasteiger partial charge in [0, 0.05) is 49.9 Å². The van der Waals surface area contributed by atoms with Crippen molar-refractivity contribution in [3.8, 4) is 0 Å². The lowest BCUT2D eigenvalue weighted by Gasteiger charge is -2.37. The molecule has 0 aliphatic carbocycles. The molecule has 0 saturated carbocycles. The third-order valence-electron chi connectivity index (χ3n) is 7.25. The van der Waals surface area contributed by atoms with Gasteiger partial charge in [-0.05, 0) is 69.3 Å². The minimum atomic E-state index is -0.160. The van der Waals surface area contributed by atoms with Crippen LogP contribution >= 0.6 is 11.3 Å². The molecule has 0 spiro atoms. The Bertz CT molecular complexity index is 1210. The van der Waals surface area contributed by atoms with Crippen molar-refractivity contribution in [2.24, 2.45) is 5.92 Å². The lowest BCUT2D eigenvalue weighted by Crippen LogP contribution is -2.38. The summed E-state index contributed by atoms with van der Waals surface area (Å²) in [5.41, 5.74) is 1.63. The minimum Gasteiger partial charge on any atom is -0.355 e. The van der Waals surface area contributed by atoms with Crippen LogP contribution in [-0.4, -0.2) is 63.4 Å². The molecule has 4 heterocycles. The summed E-state index contributed by atoms with van der Waals surface area (Å²) in [4.78, 5) is 17.3. The lowest BCUT2D eigenvalue weighted by atomic mass is 9.92. The highest BCUT2D eigenvalue weighted by molar-refractivity contribution is 7.19. The summed E-state index contributed by atoms with van der Waals surface area (Å²) in [6.45, 7) is 7.33. The summed E-state index contributed by atoms with van der Waals surface area (Å²) in [5, 5.41) is 24.0. The first-order valence-electron chi connectivity index (χ1n) is 12.9. The molecule has 2 fully saturated rings. The fourth-order valence-electron chi connectivity index (χ4n) is 5.27. The molecule has 11 heteroatoms. The molecule has 2 aromatic heterocycles. The van der Waals surface area contributed by atoms with E-state index in [0.29, 0.717) is 22.2 Å². The zero-order valence-corrected chi connectivity index (χ0v) is 22.0. The smallest absolute Gasteiger partial charge is 0.226 e. The summed E-state index contributed by atoms with van der Waals surface area (Å²) in [6.07, 6.45) is 5.03. The predicted molar refractivity (Wildman–Crippen MR) is 143 cm³/mol. The number of hydrogen-bond acceptors (Lipinski definition) is 9. The van der Waals surface area contributed by atoms with Gasteiger partial charge >= 0.3 is 0 Å². The monoisotopic (exact) mass is 524 g/mol. The highest BCUT2D eigenvalue weighted by Crippen LogP contribution is 2.30. The molecule has 5 rings (SSSR count). The number of nitrogens with zero attached hydrogens (tertiary/aromatic N) is 6. The standard InChI is InChI=1S/C26H33FN8OS/c1-17-7-8-21(22(27)13-17)18(2)34-11-4-5-19(15-34)14-24(36)30-26-33-32-25(37-26)29-20-9-12-35(16-20)23-6-3-10-28-31-23/h3,6-8,10,13,18-20H,4-5,9,11-12,14-16H2,1-2H3,(H,29,32)(H,30,33,36)/t18-,19-,20+/m0/s1. The summed E-state index contributed by atoms with van der Waals surface area (Å²) < 4.78 is 14.5. The molecule has 0 unspecified atom stereocenters. The minimum absolute atomic E-state index is 0.0243. The van der Waals surface area contributed by atoms with Gasteiger partial charge in [-0.2, -0.15) is 5.10 Å². The molecule has 1 aromatic carbocycles. The van der Waals surface area contributed by atoms with E-state index in [1.54, 1.807) is 12.3 Å². The summed E-state index contributed by atoms with van der Waals surface area (Å²) in [6, 6.07) is 9.48. The molecule has 37 heavy (non-hydrogen) atoms. The number of piperidine rings is 1. The van der Waals surface area contributed by atoms with Gasteiger partial charge in [0.1, 0.15) is 5.82 Å². The van der Waals surface area contributed by atoms with E-state index in [-0.39, 0.29) is 29.7 Å². The van der Waals surface area contributed by atoms with Gasteiger partial charge in [-0.1, -0.05) is 23.5 Å². The fourth-order valence-corrected chi connectivity index (χ4v) is 6.01. The number of anilines is 3. The molecule has 9 nitrogen and oxygen atoms in total. The first-order chi connectivity index (χ1) is 17.9. The van der Waals surface area contributed by atoms with Crippen LogP contribution in [0, 0.1) is 18.7 Å². The molecule has 1 amide bonds. The van der Waals surface area contributed by atoms with Gasteiger partial charge in [0.25, 0.3) is 0 Å². The quantitative estimate of drug-likeness (QED) is 0.451. The van der Waals surface area contributed by atoms with Crippen molar-refractivity contribution < 1.29 is 9.18 Å². The van der Waals surface area contributed by atoms with Crippen LogP contribution in [-0.2, 0) is 4.79 Å². The van der Waals surface area contributed by atoms with E-state index in [4.69, 9.17) is 0 Å². The molecule has 196 valence electrons. The zero-order chi connectivity index (χ0) is 25.8. The van der Waals surface area contributed by atoms with Gasteiger partial charge in [-0.15, -0.1) is 15.3 Å². The van der Waals surface area contributed by atoms with Crippen molar-refractivity contribution in [1.82, 2.24) is 25.3 Å². The number of nitrogens with one attached hydrogen (secondary N) is 2. The van der Waals surface area contributed by atoms with E-state index in [1.807, 2.05) is 38.1 Å². The van der Waals surface area contributed by atoms with E-state index >= 15 is 0 Å². The fraction of sp³-hybridized carbons (Fsp3) is 0.500. The second-order valence-corrected chi connectivity index (χ2v) is 11.0. The maximum Gasteiger partial charge on any atom is 0.226 e. The van der Waals surface area contributed by atoms with E-state index in [1.165, 1.54) is 11.3 Å². The molecule has 2 aliphatic heterocycles. The SMILES string of the molecule is Cc1ccc([C@H](C)N2CCC[C@@H](CC(=O)Nc3nnc(N[C@@H]4CCN(c5cccnn5)C4)s3)C2)c(F)c1. The van der Waals surface area contributed by atoms with Crippen molar-refractivity contribution in [3.05, 3.63) is 53.5 Å². The van der Waals surface area contributed by atoms with Crippen LogP contribution < -0.4 is 15.5 Å². The Kier molecular flexibility index (Phi) is 7.90. The van der Waals surface area contributed by atoms with E-state index in [9.17, 15) is 9.18 Å². The number of hydrogen-bond donors (Lipinski definition) is 2. The number of aryl methyl sites for hydroxylation is 1. The van der Waals surface area contributed by atoms with Gasteiger partial charge in [0.05, 0.1) is 0 Å². The Labute approximate surface area is 220 Å². The average molecular weight is 525 g/mol. The van der Waals surface area contributed by atoms with E-state index in [2.05, 4.69) is 40.8 Å². The van der Waals surface area contributed by atoms with Gasteiger partial charge in [-0.3, -0.25) is 9.69 Å². The van der Waals surface area contributed by atoms with Crippen molar-refractivity contribution >= 4 is 33.3 Å². The first-order valence-corrected chi connectivity index (χ1v) is 13.7. The molecule has 2 saturated heterocycles. The third kappa shape index (κ3) is 6.40. The summed E-state index contributed by atoms with van der Waals surface area (Å²) in [7, 11) is 0. The molecule has 2 N–H and O–H groups in total. The van der Waals surface area contributed by atoms with Gasteiger partial charge < -0.3 is 15.5 Å². The average Bonchev–Trinajstić information content (AvgIpc) is 3.54. The van der Waals surface area contributed by atoms with Crippen LogP contribution in [0.3, 0.4) is 0 Å². The van der Waals surface area contributed by atoms with Gasteiger partial charge in [-0.25, -0.2) is 4.39 Å². The second kappa shape index (κ2) is 11.5. The van der Waals surface area contributed by atoms with Crippen molar-refractivity contribution in [3.63, 3.8) is 0 Å². The van der Waals surface area contributed by atoms with Gasteiger partial charge in [0.2, 0.25) is 16.2 Å². The lowest BCUT2D eigenvalue weighted by molar-refractivity contribution is -0.117. The van der Waals surface area contributed by atoms with E-state index < -0.39 is 0 Å². The Morgan fingerprint density at radius 3 is 2.84 bits per heavy atom. The van der Waals surface area contributed by atoms with Gasteiger partial charge in [0.15, 0.2) is 5.82 Å². The molecule has 0 bridgehead atoms. The number of halogens is 1. The Balaban J connectivity index is 1.10. The molecule has 3 atom stereocenters. The predicted octanol–water partition coefficient (Wildman–Crippen LogP) is 4.27. The highest BCUT2D eigenvalue weighted by atomic mass is 32.1. The van der Waals surface area contributed by atoms with Crippen LogP contribution in [0.1, 0.15) is 49.8 Å². The summed E-state index contributed by atoms with van der Waals surface area (Å²) >= 11 is 1.35. The van der Waals surface area contributed by atoms with Crippen molar-refractivity contribution in [2.45, 2.75) is 51.6 Å². The van der Waals surface area contributed by atoms with Crippen molar-refractivity contribution in [2.75, 3.05) is 41.7 Å². The number of amides is 1. The van der Waals surface area contributed by atoms with Crippen LogP contribution in [0.15, 0.2) is 36.5 Å². The number of carbonyl (C=O) groups excluding carboxylic acids is 1. The highest BCUT2D eigenvalue weighted by Gasteiger charge is 2.28. The Morgan fingerprint density at radius 1 is 1.16 bits per heavy atom. The molecular weight excluding hydrogens is 491 g/mol. The Morgan fingerprint density at radius 2 is 2.03 bits per heavy atom.